The van der Waals surface area contributed by atoms with E-state index >= 15 is 0 Å². The van der Waals surface area contributed by atoms with Gasteiger partial charge in [-0.15, -0.1) is 0 Å². The highest BCUT2D eigenvalue weighted by atomic mass is 32.2. The summed E-state index contributed by atoms with van der Waals surface area (Å²) in [6, 6.07) is 5.29. The summed E-state index contributed by atoms with van der Waals surface area (Å²) in [5, 5.41) is 0. The Morgan fingerprint density at radius 2 is 1.95 bits per heavy atom. The molecular formula is C15H22N2O4S. The van der Waals surface area contributed by atoms with Gasteiger partial charge in [-0.05, 0) is 31.0 Å². The van der Waals surface area contributed by atoms with Crippen molar-refractivity contribution in [2.24, 2.45) is 0 Å². The van der Waals surface area contributed by atoms with E-state index in [-0.39, 0.29) is 23.8 Å². The number of rotatable bonds is 5. The molecule has 0 atom stereocenters. The first-order valence-corrected chi connectivity index (χ1v) is 8.81. The topological polar surface area (TPSA) is 75.7 Å². The molecule has 22 heavy (non-hydrogen) atoms. The zero-order valence-electron chi connectivity index (χ0n) is 13.0. The summed E-state index contributed by atoms with van der Waals surface area (Å²) in [6.07, 6.45) is 0.157. The molecule has 122 valence electrons. The van der Waals surface area contributed by atoms with Crippen LogP contribution in [0.4, 0.5) is 0 Å². The van der Waals surface area contributed by atoms with Crippen LogP contribution < -0.4 is 4.72 Å². The molecule has 0 bridgehead atoms. The Balaban J connectivity index is 1.92. The van der Waals surface area contributed by atoms with Crippen molar-refractivity contribution in [3.63, 3.8) is 0 Å². The van der Waals surface area contributed by atoms with Crippen LogP contribution >= 0.6 is 0 Å². The molecule has 7 heteroatoms. The van der Waals surface area contributed by atoms with E-state index in [0.717, 1.165) is 5.56 Å². The van der Waals surface area contributed by atoms with E-state index in [1.165, 1.54) is 0 Å². The maximum atomic E-state index is 12.3. The number of carbonyl (C=O) groups is 1. The molecule has 1 heterocycles. The number of morpholine rings is 1. The monoisotopic (exact) mass is 326 g/mol. The van der Waals surface area contributed by atoms with Crippen molar-refractivity contribution in [2.45, 2.75) is 25.2 Å². The van der Waals surface area contributed by atoms with E-state index in [2.05, 4.69) is 4.72 Å². The average molecular weight is 326 g/mol. The Morgan fingerprint density at radius 3 is 2.64 bits per heavy atom. The summed E-state index contributed by atoms with van der Waals surface area (Å²) in [5.74, 6) is -0.0491. The Bertz CT molecular complexity index is 637. The standard InChI is InChI=1S/C15H22N2O4S/c1-12-3-4-13(2)14(11-12)22(19,20)16-6-5-15(18)17-7-9-21-10-8-17/h3-4,11,16H,5-10H2,1-2H3. The number of sulfonamides is 1. The average Bonchev–Trinajstić information content (AvgIpc) is 2.50. The number of hydrogen-bond donors (Lipinski definition) is 1. The minimum atomic E-state index is -3.59. The number of nitrogens with zero attached hydrogens (tertiary/aromatic N) is 1. The largest absolute Gasteiger partial charge is 0.378 e. The molecule has 1 fully saturated rings. The van der Waals surface area contributed by atoms with Gasteiger partial charge >= 0.3 is 0 Å². The number of ether oxygens (including phenoxy) is 1. The summed E-state index contributed by atoms with van der Waals surface area (Å²) in [6.45, 7) is 5.93. The van der Waals surface area contributed by atoms with Gasteiger partial charge in [-0.2, -0.15) is 0 Å². The van der Waals surface area contributed by atoms with Gasteiger partial charge in [0.15, 0.2) is 0 Å². The highest BCUT2D eigenvalue weighted by Crippen LogP contribution is 2.16. The van der Waals surface area contributed by atoms with Crippen molar-refractivity contribution in [1.29, 1.82) is 0 Å². The first-order chi connectivity index (χ1) is 10.4. The number of carbonyl (C=O) groups excluding carboxylic acids is 1. The highest BCUT2D eigenvalue weighted by Gasteiger charge is 2.19. The van der Waals surface area contributed by atoms with Crippen LogP contribution in [0.5, 0.6) is 0 Å². The molecule has 1 N–H and O–H groups in total. The molecule has 1 aromatic carbocycles. The molecule has 0 radical (unpaired) electrons. The van der Waals surface area contributed by atoms with Gasteiger partial charge in [-0.25, -0.2) is 13.1 Å². The van der Waals surface area contributed by atoms with Crippen molar-refractivity contribution in [1.82, 2.24) is 9.62 Å². The zero-order chi connectivity index (χ0) is 16.2. The molecular weight excluding hydrogens is 304 g/mol. The van der Waals surface area contributed by atoms with Gasteiger partial charge in [0.1, 0.15) is 0 Å². The zero-order valence-corrected chi connectivity index (χ0v) is 13.8. The SMILES string of the molecule is Cc1ccc(C)c(S(=O)(=O)NCCC(=O)N2CCOCC2)c1. The second kappa shape index (κ2) is 7.21. The molecule has 0 aromatic heterocycles. The summed E-state index contributed by atoms with van der Waals surface area (Å²) < 4.78 is 32.3. The van der Waals surface area contributed by atoms with Gasteiger partial charge in [0.05, 0.1) is 18.1 Å². The predicted molar refractivity (Wildman–Crippen MR) is 83.1 cm³/mol. The smallest absolute Gasteiger partial charge is 0.240 e. The second-order valence-corrected chi connectivity index (χ2v) is 7.15. The lowest BCUT2D eigenvalue weighted by Crippen LogP contribution is -2.42. The maximum Gasteiger partial charge on any atom is 0.240 e. The molecule has 0 saturated carbocycles. The minimum absolute atomic E-state index is 0.0491. The van der Waals surface area contributed by atoms with Gasteiger partial charge in [0.25, 0.3) is 0 Å². The fourth-order valence-electron chi connectivity index (χ4n) is 2.34. The lowest BCUT2D eigenvalue weighted by molar-refractivity contribution is -0.135. The number of aryl methyl sites for hydroxylation is 2. The van der Waals surface area contributed by atoms with Crippen LogP contribution in [0.2, 0.25) is 0 Å². The molecule has 1 aliphatic rings. The summed E-state index contributed by atoms with van der Waals surface area (Å²) >= 11 is 0. The Morgan fingerprint density at radius 1 is 1.27 bits per heavy atom. The Kier molecular flexibility index (Phi) is 5.55. The van der Waals surface area contributed by atoms with E-state index in [4.69, 9.17) is 4.74 Å². The Labute approximate surface area is 131 Å². The number of hydrogen-bond acceptors (Lipinski definition) is 4. The van der Waals surface area contributed by atoms with Crippen LogP contribution in [-0.2, 0) is 19.6 Å². The first kappa shape index (κ1) is 16.9. The van der Waals surface area contributed by atoms with Gasteiger partial charge in [0, 0.05) is 26.1 Å². The van der Waals surface area contributed by atoms with Crippen LogP contribution in [0.3, 0.4) is 0 Å². The fraction of sp³-hybridized carbons (Fsp3) is 0.533. The van der Waals surface area contributed by atoms with Crippen LogP contribution in [0.25, 0.3) is 0 Å². The number of nitrogens with one attached hydrogen (secondary N) is 1. The van der Waals surface area contributed by atoms with Crippen LogP contribution in [0.1, 0.15) is 17.5 Å². The Hall–Kier alpha value is -1.44. The predicted octanol–water partition coefficient (Wildman–Crippen LogP) is 0.831. The molecule has 0 unspecified atom stereocenters. The van der Waals surface area contributed by atoms with Crippen molar-refractivity contribution >= 4 is 15.9 Å². The van der Waals surface area contributed by atoms with Gasteiger partial charge < -0.3 is 9.64 Å². The highest BCUT2D eigenvalue weighted by molar-refractivity contribution is 7.89. The third-order valence-corrected chi connectivity index (χ3v) is 5.23. The molecule has 0 aliphatic carbocycles. The lowest BCUT2D eigenvalue weighted by atomic mass is 10.2. The maximum absolute atomic E-state index is 12.3. The van der Waals surface area contributed by atoms with Crippen molar-refractivity contribution in [3.05, 3.63) is 29.3 Å². The van der Waals surface area contributed by atoms with Crippen LogP contribution in [0, 0.1) is 13.8 Å². The molecule has 2 rings (SSSR count). The van der Waals surface area contributed by atoms with Crippen LogP contribution in [0.15, 0.2) is 23.1 Å². The van der Waals surface area contributed by atoms with Crippen molar-refractivity contribution in [3.8, 4) is 0 Å². The molecule has 1 aromatic rings. The summed E-state index contributed by atoms with van der Waals surface area (Å²) in [4.78, 5) is 14.0. The summed E-state index contributed by atoms with van der Waals surface area (Å²) in [5.41, 5.74) is 1.58. The molecule has 6 nitrogen and oxygen atoms in total. The van der Waals surface area contributed by atoms with E-state index in [1.807, 2.05) is 13.0 Å². The normalized spacial score (nSPS) is 15.8. The second-order valence-electron chi connectivity index (χ2n) is 5.41. The first-order valence-electron chi connectivity index (χ1n) is 7.32. The van der Waals surface area contributed by atoms with E-state index in [1.54, 1.807) is 24.0 Å². The molecule has 0 spiro atoms. The van der Waals surface area contributed by atoms with Crippen molar-refractivity contribution < 1.29 is 17.9 Å². The summed E-state index contributed by atoms with van der Waals surface area (Å²) in [7, 11) is -3.59. The molecule has 1 aliphatic heterocycles. The molecule has 1 saturated heterocycles. The molecule has 1 amide bonds. The van der Waals surface area contributed by atoms with E-state index in [0.29, 0.717) is 31.9 Å². The van der Waals surface area contributed by atoms with Gasteiger partial charge in [-0.3, -0.25) is 4.79 Å². The van der Waals surface area contributed by atoms with Gasteiger partial charge in [0.2, 0.25) is 15.9 Å². The lowest BCUT2D eigenvalue weighted by Gasteiger charge is -2.26. The fourth-order valence-corrected chi connectivity index (χ4v) is 3.70. The quantitative estimate of drug-likeness (QED) is 0.870. The van der Waals surface area contributed by atoms with E-state index in [9.17, 15) is 13.2 Å². The van der Waals surface area contributed by atoms with Crippen LogP contribution in [-0.4, -0.2) is 52.1 Å². The number of benzene rings is 1. The van der Waals surface area contributed by atoms with E-state index < -0.39 is 10.0 Å². The third-order valence-electron chi connectivity index (χ3n) is 3.63. The number of amides is 1. The van der Waals surface area contributed by atoms with Gasteiger partial charge in [-0.1, -0.05) is 12.1 Å². The minimum Gasteiger partial charge on any atom is -0.378 e. The van der Waals surface area contributed by atoms with Crippen molar-refractivity contribution in [2.75, 3.05) is 32.8 Å². The third kappa shape index (κ3) is 4.28.